The van der Waals surface area contributed by atoms with Crippen LogP contribution in [0, 0.1) is 0 Å². The molecule has 0 spiro atoms. The molecule has 1 amide bonds. The number of sulfonamides is 1. The van der Waals surface area contributed by atoms with Crippen LogP contribution in [0.1, 0.15) is 31.2 Å². The summed E-state index contributed by atoms with van der Waals surface area (Å²) in [6.07, 6.45) is 5.34. The summed E-state index contributed by atoms with van der Waals surface area (Å²) in [6.45, 7) is 0.608. The van der Waals surface area contributed by atoms with Crippen LogP contribution >= 0.6 is 0 Å². The molecule has 26 heavy (non-hydrogen) atoms. The maximum Gasteiger partial charge on any atom is 0.224 e. The highest BCUT2D eigenvalue weighted by Gasteiger charge is 2.28. The lowest BCUT2D eigenvalue weighted by Crippen LogP contribution is -2.43. The number of rotatable bonds is 9. The Morgan fingerprint density at radius 3 is 2.42 bits per heavy atom. The fourth-order valence-corrected chi connectivity index (χ4v) is 4.53. The molecule has 7 nitrogen and oxygen atoms in total. The van der Waals surface area contributed by atoms with Crippen molar-refractivity contribution in [1.29, 1.82) is 0 Å². The van der Waals surface area contributed by atoms with Crippen molar-refractivity contribution < 1.29 is 22.7 Å². The van der Waals surface area contributed by atoms with Crippen molar-refractivity contribution in [3.63, 3.8) is 0 Å². The van der Waals surface area contributed by atoms with Crippen LogP contribution < -0.4 is 14.8 Å². The van der Waals surface area contributed by atoms with Crippen molar-refractivity contribution >= 4 is 15.9 Å². The van der Waals surface area contributed by atoms with E-state index >= 15 is 0 Å². The van der Waals surface area contributed by atoms with Crippen LogP contribution in [0.4, 0.5) is 0 Å². The van der Waals surface area contributed by atoms with E-state index in [0.717, 1.165) is 31.2 Å². The van der Waals surface area contributed by atoms with E-state index in [1.807, 2.05) is 6.07 Å². The average molecular weight is 384 g/mol. The van der Waals surface area contributed by atoms with E-state index in [1.54, 1.807) is 26.4 Å². The van der Waals surface area contributed by atoms with E-state index in [2.05, 4.69) is 5.32 Å². The summed E-state index contributed by atoms with van der Waals surface area (Å²) in [5.41, 5.74) is 0.802. The molecule has 1 aliphatic rings. The summed E-state index contributed by atoms with van der Waals surface area (Å²) in [6, 6.07) is 5.39. The van der Waals surface area contributed by atoms with Crippen molar-refractivity contribution in [3.05, 3.63) is 23.8 Å². The molecule has 1 aromatic rings. The first kappa shape index (κ1) is 20.5. The van der Waals surface area contributed by atoms with Gasteiger partial charge in [-0.15, -0.1) is 0 Å². The largest absolute Gasteiger partial charge is 0.493 e. The third kappa shape index (κ3) is 5.60. The van der Waals surface area contributed by atoms with Gasteiger partial charge < -0.3 is 14.8 Å². The summed E-state index contributed by atoms with van der Waals surface area (Å²) >= 11 is 0. The second kappa shape index (κ2) is 9.23. The molecule has 1 saturated carbocycles. The van der Waals surface area contributed by atoms with E-state index in [0.29, 0.717) is 24.6 Å². The number of amides is 1. The Kier molecular flexibility index (Phi) is 7.28. The number of benzene rings is 1. The molecule has 1 aliphatic carbocycles. The van der Waals surface area contributed by atoms with Gasteiger partial charge in [0.2, 0.25) is 15.9 Å². The quantitative estimate of drug-likeness (QED) is 0.698. The molecule has 1 N–H and O–H groups in total. The molecule has 0 unspecified atom stereocenters. The zero-order valence-electron chi connectivity index (χ0n) is 15.7. The first-order chi connectivity index (χ1) is 12.3. The van der Waals surface area contributed by atoms with Crippen LogP contribution in [0.3, 0.4) is 0 Å². The fourth-order valence-electron chi connectivity index (χ4n) is 3.36. The predicted octanol–water partition coefficient (Wildman–Crippen LogP) is 1.57. The number of carbonyl (C=O) groups excluding carboxylic acids is 1. The minimum Gasteiger partial charge on any atom is -0.493 e. The maximum absolute atomic E-state index is 12.2. The van der Waals surface area contributed by atoms with Crippen LogP contribution in [0.2, 0.25) is 0 Å². The van der Waals surface area contributed by atoms with E-state index in [-0.39, 0.29) is 18.4 Å². The van der Waals surface area contributed by atoms with Gasteiger partial charge >= 0.3 is 0 Å². The molecule has 0 bridgehead atoms. The Balaban J connectivity index is 1.88. The summed E-state index contributed by atoms with van der Waals surface area (Å²) in [5.74, 6) is 1.02. The van der Waals surface area contributed by atoms with Gasteiger partial charge in [-0.2, -0.15) is 4.31 Å². The highest BCUT2D eigenvalue weighted by atomic mass is 32.2. The standard InChI is InChI=1S/C18H28N2O5S/c1-24-16-9-8-14(12-17(16)25-2)13-18(21)19-10-11-20(26(3,22)23)15-6-4-5-7-15/h8-9,12,15H,4-7,10-11,13H2,1-3H3,(H,19,21). The van der Waals surface area contributed by atoms with Crippen LogP contribution in [0.5, 0.6) is 11.5 Å². The van der Waals surface area contributed by atoms with Gasteiger partial charge in [0.05, 0.1) is 26.9 Å². The topological polar surface area (TPSA) is 84.9 Å². The monoisotopic (exact) mass is 384 g/mol. The van der Waals surface area contributed by atoms with Crippen LogP contribution in [0.25, 0.3) is 0 Å². The Hall–Kier alpha value is -1.80. The third-order valence-corrected chi connectivity index (χ3v) is 5.96. The molecule has 0 radical (unpaired) electrons. The molecule has 0 atom stereocenters. The number of methoxy groups -OCH3 is 2. The van der Waals surface area contributed by atoms with Crippen LogP contribution in [-0.4, -0.2) is 58.2 Å². The zero-order chi connectivity index (χ0) is 19.2. The highest BCUT2D eigenvalue weighted by molar-refractivity contribution is 7.88. The normalized spacial score (nSPS) is 15.2. The zero-order valence-corrected chi connectivity index (χ0v) is 16.5. The van der Waals surface area contributed by atoms with Crippen molar-refractivity contribution in [2.24, 2.45) is 0 Å². The van der Waals surface area contributed by atoms with Gasteiger partial charge in [0.25, 0.3) is 0 Å². The SMILES string of the molecule is COc1ccc(CC(=O)NCCN(C2CCCC2)S(C)(=O)=O)cc1OC. The average Bonchev–Trinajstić information content (AvgIpc) is 3.11. The summed E-state index contributed by atoms with van der Waals surface area (Å²) in [5, 5.41) is 2.81. The maximum atomic E-state index is 12.2. The van der Waals surface area contributed by atoms with Gasteiger partial charge in [-0.25, -0.2) is 8.42 Å². The molecule has 2 rings (SSSR count). The van der Waals surface area contributed by atoms with Crippen LogP contribution in [-0.2, 0) is 21.2 Å². The van der Waals surface area contributed by atoms with Crippen molar-refractivity contribution in [1.82, 2.24) is 9.62 Å². The summed E-state index contributed by atoms with van der Waals surface area (Å²) < 4.78 is 35.9. The first-order valence-corrected chi connectivity index (χ1v) is 10.6. The van der Waals surface area contributed by atoms with Gasteiger partial charge in [-0.05, 0) is 30.5 Å². The predicted molar refractivity (Wildman–Crippen MR) is 100 cm³/mol. The van der Waals surface area contributed by atoms with E-state index in [4.69, 9.17) is 9.47 Å². The van der Waals surface area contributed by atoms with Crippen LogP contribution in [0.15, 0.2) is 18.2 Å². The Labute approximate surface area is 155 Å². The number of hydrogen-bond donors (Lipinski definition) is 1. The van der Waals surface area contributed by atoms with E-state index < -0.39 is 10.0 Å². The summed E-state index contributed by atoms with van der Waals surface area (Å²) in [7, 11) is -0.166. The van der Waals surface area contributed by atoms with Crippen molar-refractivity contribution in [2.75, 3.05) is 33.6 Å². The third-order valence-electron chi connectivity index (χ3n) is 4.62. The van der Waals surface area contributed by atoms with Crippen molar-refractivity contribution in [2.45, 2.75) is 38.1 Å². The molecule has 1 fully saturated rings. The molecular weight excluding hydrogens is 356 g/mol. The highest BCUT2D eigenvalue weighted by Crippen LogP contribution is 2.27. The second-order valence-corrected chi connectivity index (χ2v) is 8.46. The molecule has 0 saturated heterocycles. The lowest BCUT2D eigenvalue weighted by molar-refractivity contribution is -0.120. The van der Waals surface area contributed by atoms with Gasteiger partial charge in [-0.1, -0.05) is 18.9 Å². The molecule has 1 aromatic carbocycles. The minimum absolute atomic E-state index is 0.0627. The number of ether oxygens (including phenoxy) is 2. The number of nitrogens with zero attached hydrogens (tertiary/aromatic N) is 1. The summed E-state index contributed by atoms with van der Waals surface area (Å²) in [4.78, 5) is 12.2. The number of nitrogens with one attached hydrogen (secondary N) is 1. The Morgan fingerprint density at radius 1 is 1.19 bits per heavy atom. The Morgan fingerprint density at radius 2 is 1.85 bits per heavy atom. The molecule has 0 aliphatic heterocycles. The Bertz CT molecular complexity index is 714. The number of carbonyl (C=O) groups is 1. The second-order valence-electron chi connectivity index (χ2n) is 6.53. The number of hydrogen-bond acceptors (Lipinski definition) is 5. The smallest absolute Gasteiger partial charge is 0.224 e. The molecule has 0 aromatic heterocycles. The molecular formula is C18H28N2O5S. The fraction of sp³-hybridized carbons (Fsp3) is 0.611. The first-order valence-electron chi connectivity index (χ1n) is 8.79. The molecule has 146 valence electrons. The lowest BCUT2D eigenvalue weighted by atomic mass is 10.1. The minimum atomic E-state index is -3.27. The van der Waals surface area contributed by atoms with Gasteiger partial charge in [0.1, 0.15) is 0 Å². The molecule has 0 heterocycles. The van der Waals surface area contributed by atoms with Gasteiger partial charge in [-0.3, -0.25) is 4.79 Å². The van der Waals surface area contributed by atoms with Gasteiger partial charge in [0, 0.05) is 19.1 Å². The van der Waals surface area contributed by atoms with E-state index in [9.17, 15) is 13.2 Å². The lowest BCUT2D eigenvalue weighted by Gasteiger charge is -2.26. The van der Waals surface area contributed by atoms with Gasteiger partial charge in [0.15, 0.2) is 11.5 Å². The molecule has 8 heteroatoms. The van der Waals surface area contributed by atoms with E-state index in [1.165, 1.54) is 10.6 Å². The van der Waals surface area contributed by atoms with Crippen molar-refractivity contribution in [3.8, 4) is 11.5 Å².